The number of hydrogen-bond acceptors (Lipinski definition) is 5. The van der Waals surface area contributed by atoms with Crippen molar-refractivity contribution in [1.82, 2.24) is 19.7 Å². The van der Waals surface area contributed by atoms with E-state index in [1.54, 1.807) is 4.68 Å². The minimum Gasteiger partial charge on any atom is -0.365 e. The van der Waals surface area contributed by atoms with Crippen LogP contribution in [-0.2, 0) is 18.3 Å². The first-order valence-corrected chi connectivity index (χ1v) is 9.34. The third-order valence-corrected chi connectivity index (χ3v) is 5.59. The first-order chi connectivity index (χ1) is 12.1. The van der Waals surface area contributed by atoms with Gasteiger partial charge in [-0.1, -0.05) is 17.7 Å². The van der Waals surface area contributed by atoms with Gasteiger partial charge in [-0.2, -0.15) is 5.10 Å². The number of aromatic nitrogens is 3. The van der Waals surface area contributed by atoms with Crippen LogP contribution in [-0.4, -0.2) is 51.8 Å². The van der Waals surface area contributed by atoms with E-state index in [-0.39, 0.29) is 5.91 Å². The summed E-state index contributed by atoms with van der Waals surface area (Å²) in [5, 5.41) is 4.21. The molecule has 0 atom stereocenters. The Balaban J connectivity index is 1.38. The van der Waals surface area contributed by atoms with Crippen molar-refractivity contribution in [2.24, 2.45) is 7.05 Å². The highest BCUT2D eigenvalue weighted by atomic mass is 35.5. The van der Waals surface area contributed by atoms with Gasteiger partial charge in [0.15, 0.2) is 4.47 Å². The maximum absolute atomic E-state index is 12.6. The van der Waals surface area contributed by atoms with Crippen molar-refractivity contribution in [2.45, 2.75) is 6.42 Å². The Morgan fingerprint density at radius 1 is 1.28 bits per heavy atom. The SMILES string of the molecule is Cn1cc(N2CCN(C(=O)Cc3ccc4nc(Cl)sc4c3)CC2)cn1. The smallest absolute Gasteiger partial charge is 0.227 e. The molecule has 6 nitrogen and oxygen atoms in total. The standard InChI is InChI=1S/C17H18ClN5OS/c1-21-11-13(10-19-21)22-4-6-23(7-5-22)16(24)9-12-2-3-14-15(8-12)25-17(18)20-14/h2-3,8,10-11H,4-7,9H2,1H3. The van der Waals surface area contributed by atoms with Crippen molar-refractivity contribution in [1.29, 1.82) is 0 Å². The first-order valence-electron chi connectivity index (χ1n) is 8.15. The lowest BCUT2D eigenvalue weighted by Crippen LogP contribution is -2.49. The molecule has 4 rings (SSSR count). The molecule has 8 heteroatoms. The largest absolute Gasteiger partial charge is 0.365 e. The van der Waals surface area contributed by atoms with Crippen molar-refractivity contribution in [3.63, 3.8) is 0 Å². The molecule has 3 heterocycles. The van der Waals surface area contributed by atoms with Crippen LogP contribution in [0.15, 0.2) is 30.6 Å². The number of carbonyl (C=O) groups is 1. The molecule has 3 aromatic rings. The molecule has 1 saturated heterocycles. The molecule has 0 spiro atoms. The van der Waals surface area contributed by atoms with E-state index in [9.17, 15) is 4.79 Å². The van der Waals surface area contributed by atoms with E-state index in [1.807, 2.05) is 42.5 Å². The minimum atomic E-state index is 0.167. The number of benzene rings is 1. The van der Waals surface area contributed by atoms with Gasteiger partial charge < -0.3 is 9.80 Å². The van der Waals surface area contributed by atoms with Crippen molar-refractivity contribution in [2.75, 3.05) is 31.1 Å². The monoisotopic (exact) mass is 375 g/mol. The van der Waals surface area contributed by atoms with Crippen LogP contribution in [0.1, 0.15) is 5.56 Å². The van der Waals surface area contributed by atoms with Gasteiger partial charge in [0.25, 0.3) is 0 Å². The zero-order valence-electron chi connectivity index (χ0n) is 13.9. The molecule has 0 radical (unpaired) electrons. The number of thiazole rings is 1. The van der Waals surface area contributed by atoms with Crippen LogP contribution in [0.5, 0.6) is 0 Å². The summed E-state index contributed by atoms with van der Waals surface area (Å²) in [7, 11) is 1.91. The number of nitrogens with zero attached hydrogens (tertiary/aromatic N) is 5. The molecule has 0 unspecified atom stereocenters. The number of carbonyl (C=O) groups excluding carboxylic acids is 1. The summed E-state index contributed by atoms with van der Waals surface area (Å²) in [6.07, 6.45) is 4.29. The van der Waals surface area contributed by atoms with Crippen LogP contribution >= 0.6 is 22.9 Å². The van der Waals surface area contributed by atoms with Gasteiger partial charge in [0.1, 0.15) is 0 Å². The van der Waals surface area contributed by atoms with E-state index in [0.717, 1.165) is 47.6 Å². The number of anilines is 1. The Labute approximate surface area is 154 Å². The molecule has 0 saturated carbocycles. The van der Waals surface area contributed by atoms with Crippen LogP contribution in [0.3, 0.4) is 0 Å². The summed E-state index contributed by atoms with van der Waals surface area (Å²) in [6, 6.07) is 5.91. The van der Waals surface area contributed by atoms with E-state index in [0.29, 0.717) is 10.9 Å². The maximum atomic E-state index is 12.6. The van der Waals surface area contributed by atoms with Gasteiger partial charge in [-0.05, 0) is 17.7 Å². The third-order valence-electron chi connectivity index (χ3n) is 4.47. The van der Waals surface area contributed by atoms with E-state index in [2.05, 4.69) is 15.0 Å². The summed E-state index contributed by atoms with van der Waals surface area (Å²) in [5.74, 6) is 0.167. The van der Waals surface area contributed by atoms with Crippen molar-refractivity contribution in [3.05, 3.63) is 40.6 Å². The molecular weight excluding hydrogens is 358 g/mol. The summed E-state index contributed by atoms with van der Waals surface area (Å²) < 4.78 is 3.36. The van der Waals surface area contributed by atoms with Gasteiger partial charge in [-0.25, -0.2) is 4.98 Å². The molecule has 0 aliphatic carbocycles. The Morgan fingerprint density at radius 3 is 2.80 bits per heavy atom. The molecule has 1 fully saturated rings. The molecule has 130 valence electrons. The number of aryl methyl sites for hydroxylation is 1. The molecule has 1 aliphatic heterocycles. The minimum absolute atomic E-state index is 0.167. The highest BCUT2D eigenvalue weighted by molar-refractivity contribution is 7.22. The summed E-state index contributed by atoms with van der Waals surface area (Å²) in [6.45, 7) is 3.15. The quantitative estimate of drug-likeness (QED) is 0.706. The highest BCUT2D eigenvalue weighted by Gasteiger charge is 2.22. The molecular formula is C17H18ClN5OS. The first kappa shape index (κ1) is 16.4. The van der Waals surface area contributed by atoms with Crippen LogP contribution < -0.4 is 4.90 Å². The summed E-state index contributed by atoms with van der Waals surface area (Å²) in [5.41, 5.74) is 3.01. The maximum Gasteiger partial charge on any atom is 0.227 e. The van der Waals surface area contributed by atoms with E-state index >= 15 is 0 Å². The molecule has 2 aromatic heterocycles. The second-order valence-electron chi connectivity index (χ2n) is 6.19. The molecule has 1 amide bonds. The van der Waals surface area contributed by atoms with Crippen molar-refractivity contribution in [3.8, 4) is 0 Å². The lowest BCUT2D eigenvalue weighted by molar-refractivity contribution is -0.130. The summed E-state index contributed by atoms with van der Waals surface area (Å²) >= 11 is 7.39. The normalized spacial score (nSPS) is 15.1. The van der Waals surface area contributed by atoms with Crippen LogP contribution in [0, 0.1) is 0 Å². The molecule has 0 bridgehead atoms. The Morgan fingerprint density at radius 2 is 2.08 bits per heavy atom. The van der Waals surface area contributed by atoms with E-state index in [1.165, 1.54) is 11.3 Å². The van der Waals surface area contributed by atoms with Gasteiger partial charge in [-0.15, -0.1) is 11.3 Å². The number of fused-ring (bicyclic) bond motifs is 1. The second kappa shape index (κ2) is 6.65. The average Bonchev–Trinajstić information content (AvgIpc) is 3.19. The number of hydrogen-bond donors (Lipinski definition) is 0. The van der Waals surface area contributed by atoms with Gasteiger partial charge >= 0.3 is 0 Å². The fourth-order valence-electron chi connectivity index (χ4n) is 3.12. The van der Waals surface area contributed by atoms with E-state index < -0.39 is 0 Å². The van der Waals surface area contributed by atoms with Gasteiger partial charge in [0.05, 0.1) is 28.5 Å². The Bertz CT molecular complexity index is 913. The van der Waals surface area contributed by atoms with Gasteiger partial charge in [-0.3, -0.25) is 9.48 Å². The summed E-state index contributed by atoms with van der Waals surface area (Å²) in [4.78, 5) is 21.1. The molecule has 1 aliphatic rings. The molecule has 25 heavy (non-hydrogen) atoms. The van der Waals surface area contributed by atoms with Crippen LogP contribution in [0.2, 0.25) is 4.47 Å². The molecule has 0 N–H and O–H groups in total. The lowest BCUT2D eigenvalue weighted by Gasteiger charge is -2.35. The highest BCUT2D eigenvalue weighted by Crippen LogP contribution is 2.26. The lowest BCUT2D eigenvalue weighted by atomic mass is 10.1. The number of amides is 1. The number of halogens is 1. The molecule has 1 aromatic carbocycles. The van der Waals surface area contributed by atoms with E-state index in [4.69, 9.17) is 11.6 Å². The topological polar surface area (TPSA) is 54.3 Å². The van der Waals surface area contributed by atoms with Gasteiger partial charge in [0.2, 0.25) is 5.91 Å². The average molecular weight is 376 g/mol. The van der Waals surface area contributed by atoms with Gasteiger partial charge in [0, 0.05) is 39.4 Å². The zero-order chi connectivity index (χ0) is 17.4. The second-order valence-corrected chi connectivity index (χ2v) is 7.80. The number of rotatable bonds is 3. The fraction of sp³-hybridized carbons (Fsp3) is 0.353. The predicted molar refractivity (Wildman–Crippen MR) is 100 cm³/mol. The van der Waals surface area contributed by atoms with Crippen LogP contribution in [0.25, 0.3) is 10.2 Å². The predicted octanol–water partition coefficient (Wildman–Crippen LogP) is 2.57. The fourth-order valence-corrected chi connectivity index (χ4v) is 4.22. The Hall–Kier alpha value is -2.12. The zero-order valence-corrected chi connectivity index (χ0v) is 15.4. The van der Waals surface area contributed by atoms with Crippen molar-refractivity contribution >= 4 is 44.7 Å². The third kappa shape index (κ3) is 3.48. The number of piperazine rings is 1. The Kier molecular flexibility index (Phi) is 4.35. The van der Waals surface area contributed by atoms with Crippen LogP contribution in [0.4, 0.5) is 5.69 Å². The van der Waals surface area contributed by atoms with Crippen molar-refractivity contribution < 1.29 is 4.79 Å².